The average Bonchev–Trinajstić information content (AvgIpc) is 3.83. The Hall–Kier alpha value is -7.16. The summed E-state index contributed by atoms with van der Waals surface area (Å²) in [5, 5.41) is 4.50. The summed E-state index contributed by atoms with van der Waals surface area (Å²) in [5.74, 6) is 2.00. The van der Waals surface area contributed by atoms with Crippen LogP contribution in [0.25, 0.3) is 60.6 Å². The second-order valence-corrected chi connectivity index (χ2v) is 14.5. The molecular weight excluding hydrogens is 904 g/mol. The van der Waals surface area contributed by atoms with E-state index in [1.54, 1.807) is 0 Å². The fourth-order valence-electron chi connectivity index (χ4n) is 8.31. The van der Waals surface area contributed by atoms with Gasteiger partial charge in [0.25, 0.3) is 5.69 Å². The molecule has 11 rings (SSSR count). The predicted molar refractivity (Wildman–Crippen MR) is 237 cm³/mol. The summed E-state index contributed by atoms with van der Waals surface area (Å²) in [7, 11) is 0. The molecule has 0 saturated heterocycles. The van der Waals surface area contributed by atoms with E-state index in [-0.39, 0.29) is 21.1 Å². The van der Waals surface area contributed by atoms with Crippen LogP contribution >= 0.6 is 0 Å². The molecule has 5 nitrogen and oxygen atoms in total. The Morgan fingerprint density at radius 1 is 0.559 bits per heavy atom. The Morgan fingerprint density at radius 2 is 1.25 bits per heavy atom. The van der Waals surface area contributed by atoms with Crippen molar-refractivity contribution in [2.24, 2.45) is 0 Å². The number of hydrogen-bond donors (Lipinski definition) is 0. The minimum atomic E-state index is 0. The van der Waals surface area contributed by atoms with Crippen molar-refractivity contribution < 1.29 is 25.8 Å². The number of para-hydroxylation sites is 2. The molecule has 8 aromatic carbocycles. The molecule has 0 aliphatic carbocycles. The normalized spacial score (nSPS) is 11.9. The third-order valence-electron chi connectivity index (χ3n) is 10.8. The van der Waals surface area contributed by atoms with Gasteiger partial charge in [0.15, 0.2) is 0 Å². The molecule has 1 aliphatic heterocycles. The van der Waals surface area contributed by atoms with Crippen molar-refractivity contribution in [3.63, 3.8) is 0 Å². The molecule has 0 radical (unpaired) electrons. The third-order valence-corrected chi connectivity index (χ3v) is 10.8. The zero-order valence-electron chi connectivity index (χ0n) is 31.9. The second-order valence-electron chi connectivity index (χ2n) is 14.5. The Labute approximate surface area is 356 Å². The zero-order chi connectivity index (χ0) is 38.6. The summed E-state index contributed by atoms with van der Waals surface area (Å²) in [6.07, 6.45) is 1.82. The van der Waals surface area contributed by atoms with Crippen molar-refractivity contribution in [2.75, 3.05) is 0 Å². The van der Waals surface area contributed by atoms with Gasteiger partial charge in [-0.25, -0.2) is 4.98 Å². The van der Waals surface area contributed by atoms with Crippen LogP contribution in [0.1, 0.15) is 5.56 Å². The number of hydrogen-bond acceptors (Lipinski definition) is 2. The maximum Gasteiger partial charge on any atom is 2.00 e. The monoisotopic (exact) mass is 937 g/mol. The van der Waals surface area contributed by atoms with E-state index in [9.17, 15) is 0 Å². The summed E-state index contributed by atoms with van der Waals surface area (Å²) in [6.45, 7) is 2.09. The zero-order valence-corrected chi connectivity index (χ0v) is 34.2. The number of ether oxygens (including phenoxy) is 1. The molecular formula is C53H34N4OPt+2. The van der Waals surface area contributed by atoms with Gasteiger partial charge in [-0.1, -0.05) is 138 Å². The first-order valence-corrected chi connectivity index (χ1v) is 19.4. The van der Waals surface area contributed by atoms with Crippen LogP contribution in [0.3, 0.4) is 0 Å². The third kappa shape index (κ3) is 6.29. The van der Waals surface area contributed by atoms with Crippen molar-refractivity contribution in [3.05, 3.63) is 206 Å². The first-order chi connectivity index (χ1) is 28.7. The van der Waals surface area contributed by atoms with E-state index < -0.39 is 0 Å². The van der Waals surface area contributed by atoms with Crippen molar-refractivity contribution in [2.45, 2.75) is 6.92 Å². The maximum absolute atomic E-state index is 6.67. The van der Waals surface area contributed by atoms with Crippen LogP contribution in [-0.2, 0) is 21.1 Å². The average molecular weight is 938 g/mol. The fraction of sp³-hybridized carbons (Fsp3) is 0.0189. The molecule has 0 N–H and O–H groups in total. The van der Waals surface area contributed by atoms with Crippen molar-refractivity contribution >= 4 is 61.3 Å². The summed E-state index contributed by atoms with van der Waals surface area (Å²) in [5.41, 5.74) is 11.4. The fourth-order valence-corrected chi connectivity index (χ4v) is 8.31. The van der Waals surface area contributed by atoms with E-state index in [1.165, 1.54) is 0 Å². The van der Waals surface area contributed by atoms with E-state index in [2.05, 4.69) is 190 Å². The summed E-state index contributed by atoms with van der Waals surface area (Å²) in [4.78, 5) is 4.69. The summed E-state index contributed by atoms with van der Waals surface area (Å²) < 4.78 is 13.2. The van der Waals surface area contributed by atoms with Gasteiger partial charge in [-0.05, 0) is 68.9 Å². The topological polar surface area (TPSA) is 33.1 Å². The number of benzene rings is 8. The molecule has 0 unspecified atom stereocenters. The Bertz CT molecular complexity index is 3240. The van der Waals surface area contributed by atoms with E-state index >= 15 is 0 Å². The minimum Gasteiger partial charge on any atom is -0.509 e. The van der Waals surface area contributed by atoms with E-state index in [1.807, 2.05) is 36.5 Å². The number of aromatic nitrogens is 2. The molecule has 6 heteroatoms. The van der Waals surface area contributed by atoms with Gasteiger partial charge in [-0.2, -0.15) is 11.6 Å². The number of pyridine rings is 1. The number of nitrogens with zero attached hydrogens (tertiary/aromatic N) is 4. The first kappa shape index (κ1) is 36.2. The van der Waals surface area contributed by atoms with Crippen LogP contribution in [0.15, 0.2) is 188 Å². The van der Waals surface area contributed by atoms with Crippen LogP contribution in [0.5, 0.6) is 11.5 Å². The molecule has 0 saturated carbocycles. The van der Waals surface area contributed by atoms with E-state index in [4.69, 9.17) is 9.72 Å². The van der Waals surface area contributed by atoms with E-state index in [0.717, 1.165) is 89.0 Å². The Balaban J connectivity index is 0.00000420. The number of fused-ring (bicyclic) bond motifs is 6. The van der Waals surface area contributed by atoms with Gasteiger partial charge in [-0.15, -0.1) is 23.6 Å². The second kappa shape index (κ2) is 15.0. The smallest absolute Gasteiger partial charge is 0.509 e. The van der Waals surface area contributed by atoms with Crippen LogP contribution in [0, 0.1) is 19.1 Å². The number of aryl methyl sites for hydroxylation is 1. The minimum absolute atomic E-state index is 0. The Kier molecular flexibility index (Phi) is 9.19. The SMILES string of the molecule is Cc1cc(Oc2[c-]c3c(cc2)c2ccccc2n3-c2ccccn2)[c-]c([N+]2=C=[N+](c3c(-c4ccccc4)cccc3-c3ccccc3)c3c2ccc2ccccc32)c1.[Pt+2]. The molecule has 0 bridgehead atoms. The molecule has 3 heterocycles. The first-order valence-electron chi connectivity index (χ1n) is 19.4. The Morgan fingerprint density at radius 3 is 2.00 bits per heavy atom. The largest absolute Gasteiger partial charge is 2.00 e. The van der Waals surface area contributed by atoms with Crippen molar-refractivity contribution in [1.29, 1.82) is 0 Å². The number of rotatable bonds is 7. The molecule has 1 aliphatic rings. The van der Waals surface area contributed by atoms with Crippen molar-refractivity contribution in [3.8, 4) is 39.6 Å². The van der Waals surface area contributed by atoms with Gasteiger partial charge in [0.2, 0.25) is 5.69 Å². The summed E-state index contributed by atoms with van der Waals surface area (Å²) in [6, 6.07) is 74.3. The standard InChI is InChI=1S/C53H34N4O.Pt/c1-36-31-40(33-42(32-36)58-41-27-28-47-46-21-10-11-24-48(46)57(50(47)34-41)51-25-12-13-30-54-51)55-35-56(53-45-20-9-8-19-39(45)26-29-49(53)55)52-43(37-15-4-2-5-16-37)22-14-23-44(52)38-17-6-3-7-18-38;/h2-32H,1H3;/q;+2. The summed E-state index contributed by atoms with van der Waals surface area (Å²) >= 11 is 0. The van der Waals surface area contributed by atoms with Crippen LogP contribution in [-0.4, -0.2) is 15.6 Å². The maximum atomic E-state index is 6.67. The molecule has 0 spiro atoms. The molecule has 10 aromatic rings. The predicted octanol–water partition coefficient (Wildman–Crippen LogP) is 13.2. The molecule has 0 atom stereocenters. The van der Waals surface area contributed by atoms with Gasteiger partial charge >= 0.3 is 32.8 Å². The van der Waals surface area contributed by atoms with Gasteiger partial charge in [-0.3, -0.25) is 0 Å². The van der Waals surface area contributed by atoms with Gasteiger partial charge in [0.05, 0.1) is 16.5 Å². The van der Waals surface area contributed by atoms with Gasteiger partial charge < -0.3 is 9.30 Å². The van der Waals surface area contributed by atoms with Gasteiger partial charge in [0.1, 0.15) is 11.5 Å². The van der Waals surface area contributed by atoms with Crippen LogP contribution < -0.4 is 13.9 Å². The van der Waals surface area contributed by atoms with E-state index in [0.29, 0.717) is 11.5 Å². The molecule has 0 amide bonds. The quantitative estimate of drug-likeness (QED) is 0.118. The van der Waals surface area contributed by atoms with Crippen LogP contribution in [0.4, 0.5) is 22.7 Å². The molecule has 280 valence electrons. The van der Waals surface area contributed by atoms with Crippen LogP contribution in [0.2, 0.25) is 0 Å². The molecule has 0 fully saturated rings. The molecule has 2 aromatic heterocycles. The van der Waals surface area contributed by atoms with Gasteiger partial charge in [0, 0.05) is 29.3 Å². The van der Waals surface area contributed by atoms with Crippen molar-refractivity contribution in [1.82, 2.24) is 18.7 Å². The molecule has 59 heavy (non-hydrogen) atoms.